The molecule has 0 atom stereocenters. The maximum atomic E-state index is 13.1. The van der Waals surface area contributed by atoms with Crippen LogP contribution in [-0.2, 0) is 14.8 Å². The normalized spacial score (nSPS) is 11.4. The van der Waals surface area contributed by atoms with Crippen LogP contribution in [0.4, 0.5) is 15.8 Å². The Morgan fingerprint density at radius 1 is 1.11 bits per heavy atom. The number of halogens is 1. The van der Waals surface area contributed by atoms with Crippen LogP contribution < -0.4 is 10.6 Å². The fourth-order valence-corrected chi connectivity index (χ4v) is 4.16. The van der Waals surface area contributed by atoms with Crippen LogP contribution >= 0.6 is 0 Å². The molecule has 0 radical (unpaired) electrons. The van der Waals surface area contributed by atoms with E-state index in [4.69, 9.17) is 0 Å². The van der Waals surface area contributed by atoms with Crippen molar-refractivity contribution in [1.82, 2.24) is 4.31 Å². The number of hydrogen-bond acceptors (Lipinski definition) is 4. The standard InChI is InChI=1S/C19H24FN3O3S/c1-4-23(5-2)27(25,26)17-8-6-7-16(12-17)22-19(24)13-21-18-10-9-15(20)11-14(18)3/h6-12,21H,4-5,13H2,1-3H3,(H,22,24). The van der Waals surface area contributed by atoms with E-state index in [9.17, 15) is 17.6 Å². The number of benzene rings is 2. The van der Waals surface area contributed by atoms with Gasteiger partial charge in [-0.05, 0) is 48.9 Å². The lowest BCUT2D eigenvalue weighted by Crippen LogP contribution is -2.30. The highest BCUT2D eigenvalue weighted by atomic mass is 32.2. The van der Waals surface area contributed by atoms with Crippen molar-refractivity contribution in [1.29, 1.82) is 0 Å². The third kappa shape index (κ3) is 5.27. The fraction of sp³-hybridized carbons (Fsp3) is 0.316. The molecule has 146 valence electrons. The van der Waals surface area contributed by atoms with Crippen molar-refractivity contribution in [2.75, 3.05) is 30.3 Å². The van der Waals surface area contributed by atoms with Gasteiger partial charge >= 0.3 is 0 Å². The number of anilines is 2. The maximum Gasteiger partial charge on any atom is 0.243 e. The predicted octanol–water partition coefficient (Wildman–Crippen LogP) is 3.22. The average molecular weight is 393 g/mol. The number of rotatable bonds is 8. The molecule has 0 saturated heterocycles. The van der Waals surface area contributed by atoms with Crippen LogP contribution in [0.5, 0.6) is 0 Å². The van der Waals surface area contributed by atoms with Gasteiger partial charge in [-0.15, -0.1) is 0 Å². The first-order valence-corrected chi connectivity index (χ1v) is 10.1. The molecule has 0 spiro atoms. The summed E-state index contributed by atoms with van der Waals surface area (Å²) in [6.07, 6.45) is 0. The number of carbonyl (C=O) groups excluding carboxylic acids is 1. The minimum absolute atomic E-state index is 0.0283. The van der Waals surface area contributed by atoms with Gasteiger partial charge in [-0.2, -0.15) is 4.31 Å². The summed E-state index contributed by atoms with van der Waals surface area (Å²) in [5.74, 6) is -0.676. The van der Waals surface area contributed by atoms with Crippen LogP contribution in [-0.4, -0.2) is 38.3 Å². The molecule has 2 rings (SSSR count). The molecule has 0 saturated carbocycles. The van der Waals surface area contributed by atoms with Gasteiger partial charge in [0.25, 0.3) is 0 Å². The lowest BCUT2D eigenvalue weighted by molar-refractivity contribution is -0.114. The van der Waals surface area contributed by atoms with Crippen molar-refractivity contribution in [2.45, 2.75) is 25.7 Å². The van der Waals surface area contributed by atoms with Gasteiger partial charge < -0.3 is 10.6 Å². The third-order valence-electron chi connectivity index (χ3n) is 4.09. The quantitative estimate of drug-likeness (QED) is 0.722. The molecule has 0 aliphatic carbocycles. The van der Waals surface area contributed by atoms with E-state index < -0.39 is 10.0 Å². The molecule has 2 aromatic rings. The number of amides is 1. The molecule has 0 aromatic heterocycles. The smallest absolute Gasteiger partial charge is 0.243 e. The van der Waals surface area contributed by atoms with Crippen LogP contribution in [0, 0.1) is 12.7 Å². The van der Waals surface area contributed by atoms with E-state index in [2.05, 4.69) is 10.6 Å². The molecule has 0 bridgehead atoms. The molecule has 0 aliphatic heterocycles. The molecule has 0 fully saturated rings. The Bertz CT molecular complexity index is 912. The Hall–Kier alpha value is -2.45. The number of nitrogens with one attached hydrogen (secondary N) is 2. The van der Waals surface area contributed by atoms with Gasteiger partial charge in [0.05, 0.1) is 11.4 Å². The summed E-state index contributed by atoms with van der Waals surface area (Å²) in [6, 6.07) is 10.4. The first-order chi connectivity index (χ1) is 12.8. The molecule has 27 heavy (non-hydrogen) atoms. The minimum Gasteiger partial charge on any atom is -0.376 e. The van der Waals surface area contributed by atoms with E-state index in [-0.39, 0.29) is 23.2 Å². The largest absolute Gasteiger partial charge is 0.376 e. The fourth-order valence-electron chi connectivity index (χ4n) is 2.65. The Labute approximate surface area is 159 Å². The van der Waals surface area contributed by atoms with Crippen molar-refractivity contribution in [3.05, 3.63) is 53.8 Å². The SMILES string of the molecule is CCN(CC)S(=O)(=O)c1cccc(NC(=O)CNc2ccc(F)cc2C)c1. The zero-order valence-corrected chi connectivity index (χ0v) is 16.4. The number of aryl methyl sites for hydroxylation is 1. The second-order valence-electron chi connectivity index (χ2n) is 5.98. The van der Waals surface area contributed by atoms with Gasteiger partial charge in [-0.1, -0.05) is 19.9 Å². The molecule has 0 unspecified atom stereocenters. The predicted molar refractivity (Wildman–Crippen MR) is 105 cm³/mol. The Morgan fingerprint density at radius 2 is 1.81 bits per heavy atom. The van der Waals surface area contributed by atoms with Crippen molar-refractivity contribution in [3.8, 4) is 0 Å². The molecule has 2 N–H and O–H groups in total. The highest BCUT2D eigenvalue weighted by Crippen LogP contribution is 2.20. The van der Waals surface area contributed by atoms with Crippen LogP contribution in [0.15, 0.2) is 47.4 Å². The monoisotopic (exact) mass is 393 g/mol. The topological polar surface area (TPSA) is 78.5 Å². The third-order valence-corrected chi connectivity index (χ3v) is 6.13. The van der Waals surface area contributed by atoms with Crippen LogP contribution in [0.3, 0.4) is 0 Å². The van der Waals surface area contributed by atoms with Gasteiger partial charge in [0.1, 0.15) is 5.82 Å². The summed E-state index contributed by atoms with van der Waals surface area (Å²) in [4.78, 5) is 12.3. The van der Waals surface area contributed by atoms with Gasteiger partial charge in [0, 0.05) is 24.5 Å². The number of hydrogen-bond donors (Lipinski definition) is 2. The van der Waals surface area contributed by atoms with Crippen molar-refractivity contribution in [3.63, 3.8) is 0 Å². The van der Waals surface area contributed by atoms with Crippen molar-refractivity contribution >= 4 is 27.3 Å². The summed E-state index contributed by atoms with van der Waals surface area (Å²) in [6.45, 7) is 6.00. The molecule has 1 amide bonds. The zero-order chi connectivity index (χ0) is 20.0. The first-order valence-electron chi connectivity index (χ1n) is 8.68. The van der Waals surface area contributed by atoms with E-state index in [1.165, 1.54) is 28.6 Å². The van der Waals surface area contributed by atoms with Gasteiger partial charge in [-0.3, -0.25) is 4.79 Å². The molecular formula is C19H24FN3O3S. The van der Waals surface area contributed by atoms with Crippen molar-refractivity contribution in [2.24, 2.45) is 0 Å². The Balaban J connectivity index is 2.06. The number of nitrogens with zero attached hydrogens (tertiary/aromatic N) is 1. The molecule has 0 heterocycles. The molecule has 0 aliphatic rings. The van der Waals surface area contributed by atoms with Gasteiger partial charge in [0.15, 0.2) is 0 Å². The Kier molecular flexibility index (Phi) is 6.92. The van der Waals surface area contributed by atoms with Crippen molar-refractivity contribution < 1.29 is 17.6 Å². The lowest BCUT2D eigenvalue weighted by atomic mass is 10.2. The van der Waals surface area contributed by atoms with E-state index in [0.717, 1.165) is 0 Å². The lowest BCUT2D eigenvalue weighted by Gasteiger charge is -2.19. The molecule has 6 nitrogen and oxygen atoms in total. The van der Waals surface area contributed by atoms with Crippen LogP contribution in [0.25, 0.3) is 0 Å². The van der Waals surface area contributed by atoms with E-state index in [1.807, 2.05) is 0 Å². The van der Waals surface area contributed by atoms with Crippen LogP contribution in [0.2, 0.25) is 0 Å². The maximum absolute atomic E-state index is 13.1. The van der Waals surface area contributed by atoms with E-state index in [1.54, 1.807) is 39.0 Å². The highest BCUT2D eigenvalue weighted by Gasteiger charge is 2.21. The Morgan fingerprint density at radius 3 is 2.44 bits per heavy atom. The summed E-state index contributed by atoms with van der Waals surface area (Å²) in [7, 11) is -3.59. The zero-order valence-electron chi connectivity index (χ0n) is 15.6. The summed E-state index contributed by atoms with van der Waals surface area (Å²) in [5, 5.41) is 5.61. The van der Waals surface area contributed by atoms with E-state index in [0.29, 0.717) is 30.0 Å². The number of sulfonamides is 1. The molecular weight excluding hydrogens is 369 g/mol. The van der Waals surface area contributed by atoms with Gasteiger partial charge in [-0.25, -0.2) is 12.8 Å². The van der Waals surface area contributed by atoms with Gasteiger partial charge in [0.2, 0.25) is 15.9 Å². The van der Waals surface area contributed by atoms with Crippen LogP contribution in [0.1, 0.15) is 19.4 Å². The molecule has 8 heteroatoms. The minimum atomic E-state index is -3.59. The number of carbonyl (C=O) groups is 1. The summed E-state index contributed by atoms with van der Waals surface area (Å²) in [5.41, 5.74) is 1.74. The van der Waals surface area contributed by atoms with E-state index >= 15 is 0 Å². The average Bonchev–Trinajstić information content (AvgIpc) is 2.62. The second-order valence-corrected chi connectivity index (χ2v) is 7.92. The summed E-state index contributed by atoms with van der Waals surface area (Å²) < 4.78 is 39.6. The highest BCUT2D eigenvalue weighted by molar-refractivity contribution is 7.89. The first kappa shape index (κ1) is 20.9. The summed E-state index contributed by atoms with van der Waals surface area (Å²) >= 11 is 0. The molecule has 2 aromatic carbocycles. The second kappa shape index (κ2) is 8.96.